The number of H-pyrrole nitrogens is 1. The van der Waals surface area contributed by atoms with E-state index >= 15 is 0 Å². The number of tetrazole rings is 1. The fourth-order valence-corrected chi connectivity index (χ4v) is 5.64. The minimum absolute atomic E-state index is 0.0500. The number of anilines is 1. The molecule has 1 aromatic carbocycles. The molecule has 10 nitrogen and oxygen atoms in total. The van der Waals surface area contributed by atoms with E-state index in [1.807, 2.05) is 0 Å². The van der Waals surface area contributed by atoms with Gasteiger partial charge in [0.15, 0.2) is 0 Å². The maximum Gasteiger partial charge on any atom is 0.361 e. The van der Waals surface area contributed by atoms with Gasteiger partial charge in [0.05, 0.1) is 0 Å². The molecule has 0 aliphatic carbocycles. The van der Waals surface area contributed by atoms with Crippen molar-refractivity contribution >= 4 is 33.0 Å². The average molecular weight is 420 g/mol. The summed E-state index contributed by atoms with van der Waals surface area (Å²) in [6.07, 6.45) is 1.67. The largest absolute Gasteiger partial charge is 0.422 e. The summed E-state index contributed by atoms with van der Waals surface area (Å²) >= 11 is 1.10. The van der Waals surface area contributed by atoms with E-state index < -0.39 is 15.9 Å². The fourth-order valence-electron chi connectivity index (χ4n) is 2.83. The lowest BCUT2D eigenvalue weighted by atomic mass is 10.3. The molecular weight excluding hydrogens is 404 g/mol. The number of ether oxygens (including phenoxy) is 1. The van der Waals surface area contributed by atoms with E-state index in [0.717, 1.165) is 24.2 Å². The lowest BCUT2D eigenvalue weighted by Gasteiger charge is -2.15. The van der Waals surface area contributed by atoms with E-state index in [4.69, 9.17) is 4.74 Å². The molecule has 1 aliphatic heterocycles. The van der Waals surface area contributed by atoms with Gasteiger partial charge >= 0.3 is 6.01 Å². The predicted octanol–water partition coefficient (Wildman–Crippen LogP) is 2.09. The van der Waals surface area contributed by atoms with Crippen molar-refractivity contribution in [2.45, 2.75) is 17.7 Å². The van der Waals surface area contributed by atoms with Gasteiger partial charge in [-0.25, -0.2) is 8.42 Å². The van der Waals surface area contributed by atoms with Crippen LogP contribution in [0.5, 0.6) is 11.8 Å². The Morgan fingerprint density at radius 1 is 1.18 bits per heavy atom. The highest BCUT2D eigenvalue weighted by Crippen LogP contribution is 2.28. The molecular formula is C16H16N6O4S2. The van der Waals surface area contributed by atoms with Crippen LogP contribution in [0.3, 0.4) is 0 Å². The lowest BCUT2D eigenvalue weighted by Crippen LogP contribution is -2.29. The SMILES string of the molecule is O=C(Nc1ccc(Oc2nn[nH]n2)cc1)c1sccc1S(=O)(=O)N1CCCC1. The minimum Gasteiger partial charge on any atom is -0.422 e. The van der Waals surface area contributed by atoms with Gasteiger partial charge < -0.3 is 10.1 Å². The molecule has 4 rings (SSSR count). The summed E-state index contributed by atoms with van der Waals surface area (Å²) in [6, 6.07) is 8.08. The summed E-state index contributed by atoms with van der Waals surface area (Å²) in [5.74, 6) is -0.00701. The number of hydrogen-bond acceptors (Lipinski definition) is 8. The number of thiophene rings is 1. The number of hydrogen-bond donors (Lipinski definition) is 2. The van der Waals surface area contributed by atoms with Crippen LogP contribution < -0.4 is 10.1 Å². The number of carbonyl (C=O) groups is 1. The maximum atomic E-state index is 12.8. The van der Waals surface area contributed by atoms with Crippen LogP contribution in [0.25, 0.3) is 0 Å². The second-order valence-electron chi connectivity index (χ2n) is 6.00. The van der Waals surface area contributed by atoms with Gasteiger partial charge in [0.2, 0.25) is 10.0 Å². The van der Waals surface area contributed by atoms with Gasteiger partial charge in [-0.1, -0.05) is 10.2 Å². The first-order chi connectivity index (χ1) is 13.5. The van der Waals surface area contributed by atoms with Gasteiger partial charge in [-0.2, -0.15) is 9.52 Å². The Balaban J connectivity index is 1.48. The zero-order valence-corrected chi connectivity index (χ0v) is 16.2. The van der Waals surface area contributed by atoms with Crippen molar-refractivity contribution in [2.75, 3.05) is 18.4 Å². The molecule has 3 heterocycles. The third kappa shape index (κ3) is 3.74. The number of nitrogens with one attached hydrogen (secondary N) is 2. The van der Waals surface area contributed by atoms with Gasteiger partial charge in [-0.3, -0.25) is 4.79 Å². The number of amides is 1. The monoisotopic (exact) mass is 420 g/mol. The van der Waals surface area contributed by atoms with Crippen molar-refractivity contribution in [3.05, 3.63) is 40.6 Å². The summed E-state index contributed by atoms with van der Waals surface area (Å²) in [5.41, 5.74) is 0.503. The van der Waals surface area contributed by atoms with Gasteiger partial charge in [0, 0.05) is 18.8 Å². The Morgan fingerprint density at radius 3 is 2.61 bits per heavy atom. The van der Waals surface area contributed by atoms with Crippen LogP contribution in [-0.4, -0.2) is 52.3 Å². The second kappa shape index (κ2) is 7.66. The van der Waals surface area contributed by atoms with Gasteiger partial charge in [0.1, 0.15) is 15.5 Å². The van der Waals surface area contributed by atoms with Crippen LogP contribution in [0.15, 0.2) is 40.6 Å². The van der Waals surface area contributed by atoms with Crippen LogP contribution in [0.1, 0.15) is 22.5 Å². The number of rotatable bonds is 6. The van der Waals surface area contributed by atoms with E-state index in [0.29, 0.717) is 24.5 Å². The highest BCUT2D eigenvalue weighted by Gasteiger charge is 2.31. The van der Waals surface area contributed by atoms with E-state index in [1.165, 1.54) is 10.4 Å². The summed E-state index contributed by atoms with van der Waals surface area (Å²) in [7, 11) is -3.66. The van der Waals surface area contributed by atoms with E-state index in [-0.39, 0.29) is 15.8 Å². The Kier molecular flexibility index (Phi) is 5.07. The number of aromatic nitrogens is 4. The van der Waals surface area contributed by atoms with Crippen molar-refractivity contribution in [2.24, 2.45) is 0 Å². The molecule has 0 unspecified atom stereocenters. The standard InChI is InChI=1S/C16H16N6O4S2/c23-15(14-13(7-10-27-14)28(24,25)22-8-1-2-9-22)17-11-3-5-12(6-4-11)26-16-18-20-21-19-16/h3-7,10H,1-2,8-9H2,(H,17,23)(H,18,19,20,21). The Labute approximate surface area is 164 Å². The summed E-state index contributed by atoms with van der Waals surface area (Å²) in [6.45, 7) is 0.974. The molecule has 0 radical (unpaired) electrons. The predicted molar refractivity (Wildman–Crippen MR) is 101 cm³/mol. The second-order valence-corrected chi connectivity index (χ2v) is 8.82. The third-order valence-corrected chi connectivity index (χ3v) is 7.15. The first kappa shape index (κ1) is 18.5. The average Bonchev–Trinajstić information content (AvgIpc) is 3.45. The van der Waals surface area contributed by atoms with Gasteiger partial charge in [0.25, 0.3) is 5.91 Å². The summed E-state index contributed by atoms with van der Waals surface area (Å²) < 4.78 is 32.4. The van der Waals surface area contributed by atoms with Crippen molar-refractivity contribution < 1.29 is 17.9 Å². The van der Waals surface area contributed by atoms with Gasteiger partial charge in [-0.05, 0) is 53.8 Å². The number of nitrogens with zero attached hydrogens (tertiary/aromatic N) is 4. The molecule has 1 amide bonds. The topological polar surface area (TPSA) is 130 Å². The first-order valence-electron chi connectivity index (χ1n) is 8.44. The van der Waals surface area contributed by atoms with Gasteiger partial charge in [-0.15, -0.1) is 11.3 Å². The van der Waals surface area contributed by atoms with E-state index in [1.54, 1.807) is 29.6 Å². The van der Waals surface area contributed by atoms with Crippen molar-refractivity contribution in [3.63, 3.8) is 0 Å². The number of aromatic amines is 1. The van der Waals surface area contributed by atoms with E-state index in [9.17, 15) is 13.2 Å². The third-order valence-electron chi connectivity index (χ3n) is 4.17. The molecule has 28 heavy (non-hydrogen) atoms. The quantitative estimate of drug-likeness (QED) is 0.624. The van der Waals surface area contributed by atoms with Crippen LogP contribution in [0.2, 0.25) is 0 Å². The molecule has 0 bridgehead atoms. The summed E-state index contributed by atoms with van der Waals surface area (Å²) in [4.78, 5) is 12.9. The Hall–Kier alpha value is -2.83. The molecule has 2 N–H and O–H groups in total. The smallest absolute Gasteiger partial charge is 0.361 e. The van der Waals surface area contributed by atoms with Crippen LogP contribution in [-0.2, 0) is 10.0 Å². The Morgan fingerprint density at radius 2 is 1.93 bits per heavy atom. The number of carbonyl (C=O) groups excluding carboxylic acids is 1. The summed E-state index contributed by atoms with van der Waals surface area (Å²) in [5, 5.41) is 17.4. The molecule has 12 heteroatoms. The minimum atomic E-state index is -3.66. The molecule has 0 atom stereocenters. The zero-order valence-electron chi connectivity index (χ0n) is 14.5. The van der Waals surface area contributed by atoms with Crippen LogP contribution in [0.4, 0.5) is 5.69 Å². The van der Waals surface area contributed by atoms with Crippen LogP contribution in [0, 0.1) is 0 Å². The fraction of sp³-hybridized carbons (Fsp3) is 0.250. The highest BCUT2D eigenvalue weighted by atomic mass is 32.2. The molecule has 0 spiro atoms. The molecule has 3 aromatic rings. The normalized spacial score (nSPS) is 14.9. The molecule has 2 aromatic heterocycles. The number of benzene rings is 1. The lowest BCUT2D eigenvalue weighted by molar-refractivity contribution is 0.102. The maximum absolute atomic E-state index is 12.8. The van der Waals surface area contributed by atoms with Crippen molar-refractivity contribution in [3.8, 4) is 11.8 Å². The molecule has 1 aliphatic rings. The molecule has 1 fully saturated rings. The van der Waals surface area contributed by atoms with Crippen molar-refractivity contribution in [1.82, 2.24) is 24.9 Å². The van der Waals surface area contributed by atoms with Crippen LogP contribution >= 0.6 is 11.3 Å². The molecule has 0 saturated carbocycles. The molecule has 146 valence electrons. The first-order valence-corrected chi connectivity index (χ1v) is 10.8. The zero-order chi connectivity index (χ0) is 19.6. The highest BCUT2D eigenvalue weighted by molar-refractivity contribution is 7.89. The van der Waals surface area contributed by atoms with E-state index in [2.05, 4.69) is 25.9 Å². The van der Waals surface area contributed by atoms with Crippen molar-refractivity contribution in [1.29, 1.82) is 0 Å². The molecule has 1 saturated heterocycles. The Bertz CT molecular complexity index is 1060. The number of sulfonamides is 1.